The maximum atomic E-state index is 13.1. The van der Waals surface area contributed by atoms with Crippen LogP contribution in [0.4, 0.5) is 8.78 Å². The Kier molecular flexibility index (Phi) is 1.97. The van der Waals surface area contributed by atoms with Gasteiger partial charge in [0, 0.05) is 12.3 Å². The first-order valence-corrected chi connectivity index (χ1v) is 4.24. The first-order valence-electron chi connectivity index (χ1n) is 4.24. The third-order valence-electron chi connectivity index (χ3n) is 3.14. The summed E-state index contributed by atoms with van der Waals surface area (Å²) in [6.45, 7) is 5.54. The van der Waals surface area contributed by atoms with Gasteiger partial charge in [-0.2, -0.15) is 0 Å². The lowest BCUT2D eigenvalue weighted by Crippen LogP contribution is -2.41. The van der Waals surface area contributed by atoms with E-state index in [1.807, 2.05) is 13.8 Å². The first kappa shape index (κ1) is 8.95. The molecule has 0 aromatic rings. The molecule has 0 amide bonds. The lowest BCUT2D eigenvalue weighted by Gasteiger charge is -2.41. The summed E-state index contributed by atoms with van der Waals surface area (Å²) in [5.41, 5.74) is -0.179. The zero-order valence-electron chi connectivity index (χ0n) is 7.45. The van der Waals surface area contributed by atoms with E-state index in [-0.39, 0.29) is 11.8 Å². The van der Waals surface area contributed by atoms with E-state index in [0.29, 0.717) is 6.42 Å². The highest BCUT2D eigenvalue weighted by molar-refractivity contribution is 4.90. The summed E-state index contributed by atoms with van der Waals surface area (Å²) >= 11 is 0. The number of hydrogen-bond acceptors (Lipinski definition) is 0. The predicted octanol–water partition coefficient (Wildman–Crippen LogP) is 3.47. The minimum absolute atomic E-state index is 0.0809. The SMILES string of the molecule is CC1C(C)(C)CCCC1(F)F. The van der Waals surface area contributed by atoms with Crippen molar-refractivity contribution in [3.8, 4) is 0 Å². The second-order valence-electron chi connectivity index (χ2n) is 4.32. The Morgan fingerprint density at radius 2 is 1.73 bits per heavy atom. The fourth-order valence-corrected chi connectivity index (χ4v) is 1.78. The molecule has 0 spiro atoms. The van der Waals surface area contributed by atoms with Crippen molar-refractivity contribution in [2.45, 2.75) is 46.0 Å². The minimum Gasteiger partial charge on any atom is -0.207 e. The molecule has 0 aliphatic heterocycles. The summed E-state index contributed by atoms with van der Waals surface area (Å²) in [7, 11) is 0. The van der Waals surface area contributed by atoms with Crippen LogP contribution in [0.25, 0.3) is 0 Å². The number of halogens is 2. The molecule has 0 aromatic heterocycles. The van der Waals surface area contributed by atoms with Crippen LogP contribution in [0.1, 0.15) is 40.0 Å². The highest BCUT2D eigenvalue weighted by atomic mass is 19.3. The van der Waals surface area contributed by atoms with E-state index in [1.165, 1.54) is 0 Å². The van der Waals surface area contributed by atoms with Gasteiger partial charge in [0.05, 0.1) is 0 Å². The molecule has 0 nitrogen and oxygen atoms in total. The van der Waals surface area contributed by atoms with Gasteiger partial charge in [-0.15, -0.1) is 0 Å². The summed E-state index contributed by atoms with van der Waals surface area (Å²) in [6, 6.07) is 0. The average Bonchev–Trinajstić information content (AvgIpc) is 1.82. The van der Waals surface area contributed by atoms with Crippen LogP contribution in [0.5, 0.6) is 0 Å². The van der Waals surface area contributed by atoms with Gasteiger partial charge in [0.2, 0.25) is 0 Å². The van der Waals surface area contributed by atoms with E-state index in [1.54, 1.807) is 6.92 Å². The molecule has 0 heterocycles. The Bertz CT molecular complexity index is 134. The van der Waals surface area contributed by atoms with Crippen LogP contribution in [0.2, 0.25) is 0 Å². The van der Waals surface area contributed by atoms with Crippen molar-refractivity contribution < 1.29 is 8.78 Å². The van der Waals surface area contributed by atoms with Crippen molar-refractivity contribution in [2.24, 2.45) is 11.3 Å². The molecule has 0 bridgehead atoms. The van der Waals surface area contributed by atoms with Crippen LogP contribution < -0.4 is 0 Å². The van der Waals surface area contributed by atoms with Crippen molar-refractivity contribution in [1.29, 1.82) is 0 Å². The lowest BCUT2D eigenvalue weighted by atomic mass is 9.68. The molecular formula is C9H16F2. The number of hydrogen-bond donors (Lipinski definition) is 0. The zero-order valence-corrected chi connectivity index (χ0v) is 7.45. The van der Waals surface area contributed by atoms with Gasteiger partial charge >= 0.3 is 0 Å². The lowest BCUT2D eigenvalue weighted by molar-refractivity contribution is -0.126. The summed E-state index contributed by atoms with van der Waals surface area (Å²) in [4.78, 5) is 0. The fraction of sp³-hybridized carbons (Fsp3) is 1.00. The molecule has 1 fully saturated rings. The van der Waals surface area contributed by atoms with Gasteiger partial charge in [0.15, 0.2) is 0 Å². The van der Waals surface area contributed by atoms with Gasteiger partial charge in [-0.1, -0.05) is 20.8 Å². The van der Waals surface area contributed by atoms with Crippen LogP contribution in [-0.4, -0.2) is 5.92 Å². The van der Waals surface area contributed by atoms with E-state index < -0.39 is 11.8 Å². The van der Waals surface area contributed by atoms with Gasteiger partial charge in [-0.3, -0.25) is 0 Å². The smallest absolute Gasteiger partial charge is 0.207 e. The van der Waals surface area contributed by atoms with Gasteiger partial charge in [-0.25, -0.2) is 8.78 Å². The van der Waals surface area contributed by atoms with Gasteiger partial charge in [0.1, 0.15) is 0 Å². The first-order chi connectivity index (χ1) is 4.86. The molecule has 1 unspecified atom stereocenters. The summed E-state index contributed by atoms with van der Waals surface area (Å²) in [5, 5.41) is 0. The largest absolute Gasteiger partial charge is 0.251 e. The van der Waals surface area contributed by atoms with Gasteiger partial charge in [0.25, 0.3) is 5.92 Å². The van der Waals surface area contributed by atoms with Crippen molar-refractivity contribution in [3.63, 3.8) is 0 Å². The van der Waals surface area contributed by atoms with E-state index in [2.05, 4.69) is 0 Å². The van der Waals surface area contributed by atoms with E-state index >= 15 is 0 Å². The molecule has 66 valence electrons. The number of alkyl halides is 2. The van der Waals surface area contributed by atoms with Crippen molar-refractivity contribution in [3.05, 3.63) is 0 Å². The molecular weight excluding hydrogens is 146 g/mol. The second kappa shape index (κ2) is 2.43. The normalized spacial score (nSPS) is 35.2. The van der Waals surface area contributed by atoms with Crippen LogP contribution in [0, 0.1) is 11.3 Å². The highest BCUT2D eigenvalue weighted by Crippen LogP contribution is 2.48. The molecule has 1 saturated carbocycles. The van der Waals surface area contributed by atoms with Crippen molar-refractivity contribution >= 4 is 0 Å². The van der Waals surface area contributed by atoms with Gasteiger partial charge in [-0.05, 0) is 18.3 Å². The highest BCUT2D eigenvalue weighted by Gasteiger charge is 2.47. The molecule has 0 aromatic carbocycles. The summed E-state index contributed by atoms with van der Waals surface area (Å²) in [6.07, 6.45) is 1.69. The van der Waals surface area contributed by atoms with Crippen molar-refractivity contribution in [2.75, 3.05) is 0 Å². The van der Waals surface area contributed by atoms with Crippen LogP contribution in [-0.2, 0) is 0 Å². The van der Waals surface area contributed by atoms with E-state index in [0.717, 1.165) is 6.42 Å². The molecule has 1 aliphatic rings. The average molecular weight is 162 g/mol. The third-order valence-corrected chi connectivity index (χ3v) is 3.14. The van der Waals surface area contributed by atoms with E-state index in [4.69, 9.17) is 0 Å². The Morgan fingerprint density at radius 1 is 1.18 bits per heavy atom. The Morgan fingerprint density at radius 3 is 2.09 bits per heavy atom. The van der Waals surface area contributed by atoms with Gasteiger partial charge < -0.3 is 0 Å². The quantitative estimate of drug-likeness (QED) is 0.511. The van der Waals surface area contributed by atoms with Crippen LogP contribution in [0.15, 0.2) is 0 Å². The number of rotatable bonds is 0. The topological polar surface area (TPSA) is 0 Å². The molecule has 0 N–H and O–H groups in total. The Labute approximate surface area is 67.0 Å². The monoisotopic (exact) mass is 162 g/mol. The Balaban J connectivity index is 2.76. The standard InChI is InChI=1S/C9H16F2/c1-7-8(2,3)5-4-6-9(7,10)11/h7H,4-6H2,1-3H3. The maximum absolute atomic E-state index is 13.1. The zero-order chi connectivity index (χ0) is 8.70. The molecule has 0 saturated heterocycles. The van der Waals surface area contributed by atoms with Crippen LogP contribution in [0.3, 0.4) is 0 Å². The van der Waals surface area contributed by atoms with E-state index in [9.17, 15) is 8.78 Å². The molecule has 1 atom stereocenters. The molecule has 1 rings (SSSR count). The minimum atomic E-state index is -2.43. The van der Waals surface area contributed by atoms with Crippen molar-refractivity contribution in [1.82, 2.24) is 0 Å². The third kappa shape index (κ3) is 1.54. The molecule has 2 heteroatoms. The summed E-state index contributed by atoms with van der Waals surface area (Å²) < 4.78 is 26.2. The molecule has 11 heavy (non-hydrogen) atoms. The second-order valence-corrected chi connectivity index (χ2v) is 4.32. The predicted molar refractivity (Wildman–Crippen MR) is 41.7 cm³/mol. The molecule has 0 radical (unpaired) electrons. The fourth-order valence-electron chi connectivity index (χ4n) is 1.78. The molecule has 1 aliphatic carbocycles. The maximum Gasteiger partial charge on any atom is 0.251 e. The Hall–Kier alpha value is -0.140. The van der Waals surface area contributed by atoms with Crippen LogP contribution >= 0.6 is 0 Å². The summed E-state index contributed by atoms with van der Waals surface area (Å²) in [5.74, 6) is -2.90.